The highest BCUT2D eigenvalue weighted by Crippen LogP contribution is 2.23. The zero-order chi connectivity index (χ0) is 14.0. The Kier molecular flexibility index (Phi) is 4.11. The van der Waals surface area contributed by atoms with Gasteiger partial charge in [0, 0.05) is 13.6 Å². The molecule has 2 rings (SSSR count). The van der Waals surface area contributed by atoms with Gasteiger partial charge in [-0.25, -0.2) is 0 Å². The lowest BCUT2D eigenvalue weighted by atomic mass is 10.1. The molecule has 0 radical (unpaired) electrons. The lowest BCUT2D eigenvalue weighted by Gasteiger charge is -2.21. The second-order valence-electron chi connectivity index (χ2n) is 4.46. The minimum Gasteiger partial charge on any atom is -0.389 e. The maximum atomic E-state index is 5.83. The number of aryl methyl sites for hydroxylation is 1. The summed E-state index contributed by atoms with van der Waals surface area (Å²) in [5.41, 5.74) is 9.74. The van der Waals surface area contributed by atoms with E-state index in [1.165, 1.54) is 5.56 Å². The molecule has 0 aromatic carbocycles. The maximum Gasteiger partial charge on any atom is 0.161 e. The zero-order valence-corrected chi connectivity index (χ0v) is 12.8. The Hall–Kier alpha value is -1.53. The van der Waals surface area contributed by atoms with Crippen LogP contribution in [0.2, 0.25) is 0 Å². The second-order valence-corrected chi connectivity index (χ2v) is 5.68. The van der Waals surface area contributed by atoms with Gasteiger partial charge < -0.3 is 10.6 Å². The molecule has 0 saturated carbocycles. The van der Waals surface area contributed by atoms with Crippen molar-refractivity contribution in [2.45, 2.75) is 20.4 Å². The van der Waals surface area contributed by atoms with Gasteiger partial charge in [-0.1, -0.05) is 12.2 Å². The van der Waals surface area contributed by atoms with Crippen molar-refractivity contribution in [3.8, 4) is 0 Å². The summed E-state index contributed by atoms with van der Waals surface area (Å²) in [4.78, 5) is 2.39. The van der Waals surface area contributed by atoms with Crippen LogP contribution in [0.3, 0.4) is 0 Å². The van der Waals surface area contributed by atoms with Crippen molar-refractivity contribution in [2.24, 2.45) is 5.73 Å². The van der Waals surface area contributed by atoms with Crippen LogP contribution in [0.5, 0.6) is 0 Å². The SMILES string of the molecule is Cc1nnc(N(C)Cc2ccsc2)c(C(N)=S)c1C. The van der Waals surface area contributed by atoms with Gasteiger partial charge >= 0.3 is 0 Å². The summed E-state index contributed by atoms with van der Waals surface area (Å²) in [6, 6.07) is 2.09. The smallest absolute Gasteiger partial charge is 0.161 e. The van der Waals surface area contributed by atoms with E-state index >= 15 is 0 Å². The van der Waals surface area contributed by atoms with Gasteiger partial charge in [-0.15, -0.1) is 5.10 Å². The zero-order valence-electron chi connectivity index (χ0n) is 11.2. The second kappa shape index (κ2) is 5.63. The topological polar surface area (TPSA) is 55.0 Å². The van der Waals surface area contributed by atoms with Crippen LogP contribution in [0.1, 0.15) is 22.4 Å². The van der Waals surface area contributed by atoms with E-state index in [9.17, 15) is 0 Å². The lowest BCUT2D eigenvalue weighted by molar-refractivity contribution is 0.850. The van der Waals surface area contributed by atoms with Crippen LogP contribution in [-0.2, 0) is 6.54 Å². The number of nitrogens with zero attached hydrogens (tertiary/aromatic N) is 3. The van der Waals surface area contributed by atoms with Crippen molar-refractivity contribution in [1.82, 2.24) is 10.2 Å². The Labute approximate surface area is 122 Å². The molecule has 2 N–H and O–H groups in total. The van der Waals surface area contributed by atoms with Crippen molar-refractivity contribution in [3.05, 3.63) is 39.2 Å². The molecular formula is C13H16N4S2. The Balaban J connectivity index is 2.38. The van der Waals surface area contributed by atoms with Crippen LogP contribution in [-0.4, -0.2) is 22.2 Å². The predicted octanol–water partition coefficient (Wildman–Crippen LogP) is 2.43. The fraction of sp³-hybridized carbons (Fsp3) is 0.308. The summed E-state index contributed by atoms with van der Waals surface area (Å²) >= 11 is 6.83. The van der Waals surface area contributed by atoms with Gasteiger partial charge in [0.25, 0.3) is 0 Å². The highest BCUT2D eigenvalue weighted by molar-refractivity contribution is 7.80. The van der Waals surface area contributed by atoms with Crippen molar-refractivity contribution in [1.29, 1.82) is 0 Å². The summed E-state index contributed by atoms with van der Waals surface area (Å²) in [5.74, 6) is 0.738. The van der Waals surface area contributed by atoms with Crippen LogP contribution >= 0.6 is 23.6 Å². The van der Waals surface area contributed by atoms with E-state index in [1.807, 2.05) is 25.8 Å². The largest absolute Gasteiger partial charge is 0.389 e. The number of thiocarbonyl (C=S) groups is 1. The van der Waals surface area contributed by atoms with Crippen LogP contribution in [0.4, 0.5) is 5.82 Å². The standard InChI is InChI=1S/C13H16N4S2/c1-8-9(2)15-16-13(11(8)12(14)18)17(3)6-10-4-5-19-7-10/h4-5,7H,6H2,1-3H3,(H2,14,18). The fourth-order valence-corrected chi connectivity index (χ4v) is 2.79. The first-order chi connectivity index (χ1) is 9.00. The Bertz CT molecular complexity index is 593. The number of hydrogen-bond donors (Lipinski definition) is 1. The summed E-state index contributed by atoms with van der Waals surface area (Å²) < 4.78 is 0. The highest BCUT2D eigenvalue weighted by atomic mass is 32.1. The van der Waals surface area contributed by atoms with Gasteiger partial charge in [0.15, 0.2) is 5.82 Å². The monoisotopic (exact) mass is 292 g/mol. The molecule has 0 spiro atoms. The Morgan fingerprint density at radius 2 is 2.16 bits per heavy atom. The quantitative estimate of drug-likeness (QED) is 0.877. The van der Waals surface area contributed by atoms with E-state index in [2.05, 4.69) is 27.0 Å². The third-order valence-electron chi connectivity index (χ3n) is 3.04. The summed E-state index contributed by atoms with van der Waals surface area (Å²) in [6.45, 7) is 4.64. The maximum absolute atomic E-state index is 5.83. The van der Waals surface area contributed by atoms with Gasteiger partial charge in [-0.2, -0.15) is 16.4 Å². The molecule has 0 unspecified atom stereocenters. The van der Waals surface area contributed by atoms with Crippen LogP contribution in [0, 0.1) is 13.8 Å². The minimum absolute atomic E-state index is 0.364. The van der Waals surface area contributed by atoms with E-state index in [-0.39, 0.29) is 0 Å². The first-order valence-corrected chi connectivity index (χ1v) is 7.21. The Morgan fingerprint density at radius 1 is 1.42 bits per heavy atom. The molecule has 4 nitrogen and oxygen atoms in total. The molecule has 100 valence electrons. The molecule has 2 heterocycles. The fourth-order valence-electron chi connectivity index (χ4n) is 1.89. The number of hydrogen-bond acceptors (Lipinski definition) is 5. The van der Waals surface area contributed by atoms with Crippen molar-refractivity contribution in [3.63, 3.8) is 0 Å². The number of aromatic nitrogens is 2. The molecule has 0 bridgehead atoms. The third kappa shape index (κ3) is 2.90. The molecular weight excluding hydrogens is 276 g/mol. The molecule has 0 aliphatic rings. The average Bonchev–Trinajstić information content (AvgIpc) is 2.84. The van der Waals surface area contributed by atoms with Gasteiger partial charge in [-0.3, -0.25) is 0 Å². The first kappa shape index (κ1) is 13.9. The molecule has 0 atom stereocenters. The molecule has 0 aliphatic carbocycles. The van der Waals surface area contributed by atoms with Crippen LogP contribution < -0.4 is 10.6 Å². The lowest BCUT2D eigenvalue weighted by Crippen LogP contribution is -2.24. The number of rotatable bonds is 4. The summed E-state index contributed by atoms with van der Waals surface area (Å²) in [5, 5.41) is 12.6. The third-order valence-corrected chi connectivity index (χ3v) is 3.98. The van der Waals surface area contributed by atoms with E-state index < -0.39 is 0 Å². The average molecular weight is 292 g/mol. The number of thiophene rings is 1. The van der Waals surface area contributed by atoms with E-state index in [4.69, 9.17) is 18.0 Å². The highest BCUT2D eigenvalue weighted by Gasteiger charge is 2.17. The molecule has 6 heteroatoms. The van der Waals surface area contributed by atoms with Gasteiger partial charge in [0.1, 0.15) is 4.99 Å². The number of nitrogens with two attached hydrogens (primary N) is 1. The first-order valence-electron chi connectivity index (χ1n) is 5.86. The van der Waals surface area contributed by atoms with Crippen LogP contribution in [0.25, 0.3) is 0 Å². The molecule has 2 aromatic rings. The molecule has 2 aromatic heterocycles. The van der Waals surface area contributed by atoms with Crippen molar-refractivity contribution < 1.29 is 0 Å². The molecule has 0 aliphatic heterocycles. The van der Waals surface area contributed by atoms with E-state index in [0.717, 1.165) is 29.2 Å². The molecule has 0 saturated heterocycles. The normalized spacial score (nSPS) is 10.5. The molecule has 0 amide bonds. The Morgan fingerprint density at radius 3 is 2.74 bits per heavy atom. The van der Waals surface area contributed by atoms with Gasteiger partial charge in [0.2, 0.25) is 0 Å². The summed E-state index contributed by atoms with van der Waals surface area (Å²) in [6.07, 6.45) is 0. The van der Waals surface area contributed by atoms with Gasteiger partial charge in [-0.05, 0) is 41.8 Å². The molecule has 19 heavy (non-hydrogen) atoms. The van der Waals surface area contributed by atoms with Crippen molar-refractivity contribution in [2.75, 3.05) is 11.9 Å². The molecule has 0 fully saturated rings. The van der Waals surface area contributed by atoms with Gasteiger partial charge in [0.05, 0.1) is 11.3 Å². The van der Waals surface area contributed by atoms with E-state index in [0.29, 0.717) is 4.99 Å². The number of anilines is 1. The van der Waals surface area contributed by atoms with Crippen molar-refractivity contribution >= 4 is 34.4 Å². The summed E-state index contributed by atoms with van der Waals surface area (Å²) in [7, 11) is 1.97. The van der Waals surface area contributed by atoms with E-state index in [1.54, 1.807) is 11.3 Å². The predicted molar refractivity (Wildman–Crippen MR) is 83.8 cm³/mol. The minimum atomic E-state index is 0.364. The van der Waals surface area contributed by atoms with Crippen LogP contribution in [0.15, 0.2) is 16.8 Å².